The minimum Gasteiger partial charge on any atom is -0.403 e. The van der Waals surface area contributed by atoms with Crippen molar-refractivity contribution in [3.63, 3.8) is 0 Å². The molecule has 154 valence electrons. The van der Waals surface area contributed by atoms with Crippen LogP contribution in [0.3, 0.4) is 0 Å². The van der Waals surface area contributed by atoms with Crippen LogP contribution in [0, 0.1) is 0 Å². The van der Waals surface area contributed by atoms with E-state index in [2.05, 4.69) is 107 Å². The van der Waals surface area contributed by atoms with Crippen molar-refractivity contribution in [1.82, 2.24) is 9.13 Å². The van der Waals surface area contributed by atoms with Gasteiger partial charge in [0, 0.05) is 0 Å². The Bertz CT molecular complexity index is 1210. The van der Waals surface area contributed by atoms with Gasteiger partial charge in [-0.15, -0.1) is 49.1 Å². The molecule has 0 saturated carbocycles. The van der Waals surface area contributed by atoms with Crippen molar-refractivity contribution in [2.24, 2.45) is 0 Å². The van der Waals surface area contributed by atoms with E-state index < -0.39 is 0 Å². The molecule has 0 radical (unpaired) electrons. The minimum atomic E-state index is 0. The Morgan fingerprint density at radius 2 is 0.806 bits per heavy atom. The predicted molar refractivity (Wildman–Crippen MR) is 132 cm³/mol. The van der Waals surface area contributed by atoms with Gasteiger partial charge in [0.2, 0.25) is 0 Å². The molecule has 0 bridgehead atoms. The van der Waals surface area contributed by atoms with E-state index in [1.54, 1.807) is 0 Å². The molecule has 6 rings (SSSR count). The molecule has 5 heteroatoms. The summed E-state index contributed by atoms with van der Waals surface area (Å²) in [6.07, 6.45) is 8.28. The second-order valence-electron chi connectivity index (χ2n) is 6.79. The van der Waals surface area contributed by atoms with Crippen molar-refractivity contribution < 1.29 is 26.2 Å². The van der Waals surface area contributed by atoms with Gasteiger partial charge in [-0.1, -0.05) is 94.3 Å². The average molecular weight is 525 g/mol. The van der Waals surface area contributed by atoms with Gasteiger partial charge in [0.05, 0.1) is 0 Å². The summed E-state index contributed by atoms with van der Waals surface area (Å²) in [6, 6.07) is 33.7. The SMILES string of the molecule is Cl.Cl.[Zr+2].c1ccc2c(c1)cc[c-]2-n1cccc1.c1ccc2c(c1)cc[c-]2-n1cccc1. The van der Waals surface area contributed by atoms with Crippen LogP contribution in [-0.4, -0.2) is 9.13 Å². The van der Waals surface area contributed by atoms with E-state index in [9.17, 15) is 0 Å². The number of aromatic nitrogens is 2. The molecule has 2 nitrogen and oxygen atoms in total. The van der Waals surface area contributed by atoms with Crippen molar-refractivity contribution >= 4 is 46.4 Å². The second-order valence-corrected chi connectivity index (χ2v) is 6.79. The molecule has 0 aliphatic carbocycles. The predicted octanol–water partition coefficient (Wildman–Crippen LogP) is 7.54. The molecule has 4 aromatic carbocycles. The summed E-state index contributed by atoms with van der Waals surface area (Å²) in [4.78, 5) is 0. The number of rotatable bonds is 2. The summed E-state index contributed by atoms with van der Waals surface area (Å²) in [6.45, 7) is 0. The Morgan fingerprint density at radius 3 is 1.19 bits per heavy atom. The number of nitrogens with zero attached hydrogens (tertiary/aromatic N) is 2. The summed E-state index contributed by atoms with van der Waals surface area (Å²) < 4.78 is 4.28. The van der Waals surface area contributed by atoms with Crippen LogP contribution < -0.4 is 0 Å². The van der Waals surface area contributed by atoms with Crippen molar-refractivity contribution in [2.45, 2.75) is 0 Å². The third kappa shape index (κ3) is 5.13. The van der Waals surface area contributed by atoms with Gasteiger partial charge >= 0.3 is 26.2 Å². The van der Waals surface area contributed by atoms with Gasteiger partial charge in [-0.25, -0.2) is 0 Å². The summed E-state index contributed by atoms with van der Waals surface area (Å²) in [5, 5.41) is 5.22. The normalized spacial score (nSPS) is 9.81. The molecule has 31 heavy (non-hydrogen) atoms. The summed E-state index contributed by atoms with van der Waals surface area (Å²) in [7, 11) is 0. The largest absolute Gasteiger partial charge is 2.00 e. The van der Waals surface area contributed by atoms with E-state index in [-0.39, 0.29) is 51.0 Å². The maximum atomic E-state index is 2.16. The Kier molecular flexibility index (Phi) is 9.13. The molecule has 0 aliphatic heterocycles. The van der Waals surface area contributed by atoms with Gasteiger partial charge in [0.15, 0.2) is 0 Å². The van der Waals surface area contributed by atoms with Crippen LogP contribution in [-0.2, 0) is 26.2 Å². The fourth-order valence-electron chi connectivity index (χ4n) is 3.71. The molecule has 6 aromatic rings. The van der Waals surface area contributed by atoms with Crippen LogP contribution in [0.1, 0.15) is 0 Å². The zero-order valence-electron chi connectivity index (χ0n) is 16.8. The smallest absolute Gasteiger partial charge is 0.403 e. The Labute approximate surface area is 213 Å². The van der Waals surface area contributed by atoms with Crippen LogP contribution in [0.25, 0.3) is 32.9 Å². The summed E-state index contributed by atoms with van der Waals surface area (Å²) >= 11 is 0. The summed E-state index contributed by atoms with van der Waals surface area (Å²) in [5.41, 5.74) is 2.51. The van der Waals surface area contributed by atoms with Gasteiger partial charge in [-0.05, 0) is 36.2 Å². The van der Waals surface area contributed by atoms with Crippen LogP contribution >= 0.6 is 24.8 Å². The Balaban J connectivity index is 0.000000201. The number of hydrogen-bond donors (Lipinski definition) is 0. The van der Waals surface area contributed by atoms with Crippen LogP contribution in [0.5, 0.6) is 0 Å². The van der Waals surface area contributed by atoms with E-state index in [1.165, 1.54) is 32.9 Å². The first-order valence-electron chi connectivity index (χ1n) is 9.46. The Morgan fingerprint density at radius 1 is 0.452 bits per heavy atom. The first-order valence-corrected chi connectivity index (χ1v) is 9.46. The van der Waals surface area contributed by atoms with Crippen LogP contribution in [0.15, 0.2) is 122 Å². The fraction of sp³-hybridized carbons (Fsp3) is 0. The molecule has 0 aliphatic rings. The monoisotopic (exact) mass is 522 g/mol. The van der Waals surface area contributed by atoms with Crippen molar-refractivity contribution in [3.8, 4) is 11.4 Å². The van der Waals surface area contributed by atoms with E-state index in [0.717, 1.165) is 0 Å². The topological polar surface area (TPSA) is 9.86 Å². The van der Waals surface area contributed by atoms with Gasteiger partial charge in [0.1, 0.15) is 0 Å². The molecule has 0 spiro atoms. The molecule has 2 heterocycles. The average Bonchev–Trinajstić information content (AvgIpc) is 3.54. The number of halogens is 2. The third-order valence-electron chi connectivity index (χ3n) is 5.08. The quantitative estimate of drug-likeness (QED) is 0.207. The van der Waals surface area contributed by atoms with E-state index in [0.29, 0.717) is 0 Å². The molecule has 0 N–H and O–H groups in total. The van der Waals surface area contributed by atoms with Crippen molar-refractivity contribution in [2.75, 3.05) is 0 Å². The molecule has 0 unspecified atom stereocenters. The van der Waals surface area contributed by atoms with E-state index in [1.807, 2.05) is 24.3 Å². The maximum Gasteiger partial charge on any atom is 2.00 e. The molecule has 0 fully saturated rings. The van der Waals surface area contributed by atoms with Gasteiger partial charge in [-0.2, -0.15) is 0 Å². The number of hydrogen-bond acceptors (Lipinski definition) is 0. The first-order chi connectivity index (χ1) is 13.9. The van der Waals surface area contributed by atoms with E-state index >= 15 is 0 Å². The second kappa shape index (κ2) is 11.3. The van der Waals surface area contributed by atoms with Gasteiger partial charge in [0.25, 0.3) is 0 Å². The third-order valence-corrected chi connectivity index (χ3v) is 5.08. The standard InChI is InChI=1S/2C13H10N.2ClH.Zr/c2*1-2-6-12-11(5-1)7-8-13(12)14-9-3-4-10-14;;;/h2*1-10H;2*1H;/q2*-1;;;+2. The van der Waals surface area contributed by atoms with Gasteiger partial charge < -0.3 is 9.13 Å². The van der Waals surface area contributed by atoms with Crippen LogP contribution in [0.2, 0.25) is 0 Å². The van der Waals surface area contributed by atoms with Crippen molar-refractivity contribution in [1.29, 1.82) is 0 Å². The molecule has 0 saturated heterocycles. The van der Waals surface area contributed by atoms with E-state index in [4.69, 9.17) is 0 Å². The molecular weight excluding hydrogens is 502 g/mol. The molecule has 0 atom stereocenters. The van der Waals surface area contributed by atoms with Crippen molar-refractivity contribution in [3.05, 3.63) is 122 Å². The Hall–Kier alpha value is -2.32. The van der Waals surface area contributed by atoms with Gasteiger partial charge in [-0.3, -0.25) is 0 Å². The van der Waals surface area contributed by atoms with Crippen LogP contribution in [0.4, 0.5) is 0 Å². The number of benzene rings is 2. The molecule has 0 amide bonds. The first kappa shape index (κ1) is 24.9. The molecular formula is C26H22Cl2N2Zr. The minimum absolute atomic E-state index is 0. The number of fused-ring (bicyclic) bond motifs is 2. The zero-order chi connectivity index (χ0) is 18.8. The zero-order valence-corrected chi connectivity index (χ0v) is 20.8. The molecule has 2 aromatic heterocycles. The summed E-state index contributed by atoms with van der Waals surface area (Å²) in [5.74, 6) is 0. The fourth-order valence-corrected chi connectivity index (χ4v) is 3.71. The maximum absolute atomic E-state index is 2.16.